The molecule has 0 saturated heterocycles. The summed E-state index contributed by atoms with van der Waals surface area (Å²) in [6, 6.07) is 12.2. The fraction of sp³-hybridized carbons (Fsp3) is 0. The lowest BCUT2D eigenvalue weighted by Gasteiger charge is -2.05. The summed E-state index contributed by atoms with van der Waals surface area (Å²) in [6.45, 7) is 7.98. The highest BCUT2D eigenvalue weighted by Gasteiger charge is 2.07. The van der Waals surface area contributed by atoms with E-state index in [1.165, 1.54) is 0 Å². The number of hydrogen-bond donors (Lipinski definition) is 0. The molecular weight excluding hydrogens is 232 g/mol. The zero-order valence-corrected chi connectivity index (χ0v) is 10.6. The molecule has 0 spiro atoms. The van der Waals surface area contributed by atoms with Gasteiger partial charge in [-0.1, -0.05) is 43.5 Å². The summed E-state index contributed by atoms with van der Waals surface area (Å²) in [5, 5.41) is 3.12. The molecule has 0 amide bonds. The maximum absolute atomic E-state index is 4.21. The van der Waals surface area contributed by atoms with Crippen LogP contribution in [0.4, 0.5) is 0 Å². The molecule has 2 aromatic heterocycles. The molecule has 3 rings (SSSR count). The number of hydrogen-bond acceptors (Lipinski definition) is 1. The van der Waals surface area contributed by atoms with E-state index in [-0.39, 0.29) is 0 Å². The van der Waals surface area contributed by atoms with Crippen LogP contribution in [0.15, 0.2) is 61.4 Å². The minimum absolute atomic E-state index is 0.953. The molecule has 2 heterocycles. The summed E-state index contributed by atoms with van der Waals surface area (Å²) in [5.74, 6) is 0. The minimum Gasteiger partial charge on any atom is -0.310 e. The predicted octanol–water partition coefficient (Wildman–Crippen LogP) is 2.40. The highest BCUT2D eigenvalue weighted by Crippen LogP contribution is 2.12. The first kappa shape index (κ1) is 11.5. The summed E-state index contributed by atoms with van der Waals surface area (Å²) >= 11 is 0. The van der Waals surface area contributed by atoms with E-state index in [1.54, 1.807) is 12.3 Å². The van der Waals surface area contributed by atoms with Gasteiger partial charge in [0, 0.05) is 34.0 Å². The van der Waals surface area contributed by atoms with Crippen LogP contribution in [0.1, 0.15) is 0 Å². The second kappa shape index (κ2) is 4.58. The Balaban J connectivity index is 2.51. The number of aromatic nitrogens is 2. The first-order valence-electron chi connectivity index (χ1n) is 6.14. The number of rotatable bonds is 2. The van der Waals surface area contributed by atoms with Crippen molar-refractivity contribution in [2.45, 2.75) is 0 Å². The van der Waals surface area contributed by atoms with Crippen molar-refractivity contribution in [2.75, 3.05) is 0 Å². The standard InChI is InChI=1S/C17H14N2/c1-3-7-15-13(2)19(14-8-5-4-6-9-14)17-10-11-18-12-16(15)17/h3-12H,1-2H2/b15-7+. The molecule has 0 atom stereocenters. The molecule has 0 N–H and O–H groups in total. The molecule has 19 heavy (non-hydrogen) atoms. The molecule has 0 unspecified atom stereocenters. The first-order chi connectivity index (χ1) is 9.33. The van der Waals surface area contributed by atoms with Crippen LogP contribution in [0.5, 0.6) is 0 Å². The number of benzene rings is 1. The second-order valence-electron chi connectivity index (χ2n) is 4.33. The van der Waals surface area contributed by atoms with Gasteiger partial charge in [0.1, 0.15) is 0 Å². The van der Waals surface area contributed by atoms with Gasteiger partial charge in [0.05, 0.1) is 5.52 Å². The summed E-state index contributed by atoms with van der Waals surface area (Å²) in [6.07, 6.45) is 7.44. The molecule has 3 aromatic rings. The number of fused-ring (bicyclic) bond motifs is 1. The van der Waals surface area contributed by atoms with E-state index in [0.29, 0.717) is 0 Å². The summed E-state index contributed by atoms with van der Waals surface area (Å²) in [4.78, 5) is 4.21. The smallest absolute Gasteiger partial charge is 0.0571 e. The molecule has 92 valence electrons. The zero-order valence-electron chi connectivity index (χ0n) is 10.6. The molecular formula is C17H14N2. The van der Waals surface area contributed by atoms with Gasteiger partial charge in [0.2, 0.25) is 0 Å². The number of pyridine rings is 1. The van der Waals surface area contributed by atoms with Crippen molar-refractivity contribution in [2.24, 2.45) is 0 Å². The van der Waals surface area contributed by atoms with Crippen molar-refractivity contribution in [3.8, 4) is 5.69 Å². The highest BCUT2D eigenvalue weighted by molar-refractivity contribution is 5.83. The summed E-state index contributed by atoms with van der Waals surface area (Å²) < 4.78 is 2.15. The van der Waals surface area contributed by atoms with Crippen molar-refractivity contribution in [3.63, 3.8) is 0 Å². The van der Waals surface area contributed by atoms with E-state index in [4.69, 9.17) is 0 Å². The SMILES string of the molecule is C=C/C=c1\c(=C)n(-c2ccccc2)c2ccncc12. The number of nitrogens with zero attached hydrogens (tertiary/aromatic N) is 2. The van der Waals surface area contributed by atoms with E-state index >= 15 is 0 Å². The van der Waals surface area contributed by atoms with Gasteiger partial charge in [-0.25, -0.2) is 0 Å². The summed E-state index contributed by atoms with van der Waals surface area (Å²) in [7, 11) is 0. The highest BCUT2D eigenvalue weighted by atomic mass is 15.0. The molecule has 0 aliphatic rings. The van der Waals surface area contributed by atoms with Gasteiger partial charge in [-0.3, -0.25) is 4.98 Å². The maximum Gasteiger partial charge on any atom is 0.0571 e. The van der Waals surface area contributed by atoms with Crippen molar-refractivity contribution in [1.82, 2.24) is 9.55 Å². The van der Waals surface area contributed by atoms with Gasteiger partial charge in [0.25, 0.3) is 0 Å². The molecule has 0 bridgehead atoms. The van der Waals surface area contributed by atoms with Crippen LogP contribution < -0.4 is 10.6 Å². The Hall–Kier alpha value is -2.61. The van der Waals surface area contributed by atoms with Gasteiger partial charge in [-0.2, -0.15) is 0 Å². The summed E-state index contributed by atoms with van der Waals surface area (Å²) in [5.41, 5.74) is 2.21. The monoisotopic (exact) mass is 246 g/mol. The van der Waals surface area contributed by atoms with Crippen LogP contribution in [-0.2, 0) is 0 Å². The van der Waals surface area contributed by atoms with Gasteiger partial charge in [0.15, 0.2) is 0 Å². The second-order valence-corrected chi connectivity index (χ2v) is 4.33. The Labute approximate surface area is 111 Å². The number of allylic oxidation sites excluding steroid dienone is 1. The average molecular weight is 246 g/mol. The zero-order chi connectivity index (χ0) is 13.2. The Morgan fingerprint density at radius 1 is 1.11 bits per heavy atom. The Morgan fingerprint density at radius 2 is 1.89 bits per heavy atom. The first-order valence-corrected chi connectivity index (χ1v) is 6.14. The molecule has 0 fully saturated rings. The van der Waals surface area contributed by atoms with Crippen LogP contribution in [0.25, 0.3) is 29.2 Å². The molecule has 0 aliphatic carbocycles. The largest absolute Gasteiger partial charge is 0.310 e. The van der Waals surface area contributed by atoms with Crippen molar-refractivity contribution < 1.29 is 0 Å². The third-order valence-corrected chi connectivity index (χ3v) is 3.21. The lowest BCUT2D eigenvalue weighted by atomic mass is 10.2. The van der Waals surface area contributed by atoms with Crippen LogP contribution >= 0.6 is 0 Å². The Morgan fingerprint density at radius 3 is 2.63 bits per heavy atom. The predicted molar refractivity (Wildman–Crippen MR) is 80.5 cm³/mol. The van der Waals surface area contributed by atoms with E-state index in [2.05, 4.69) is 34.8 Å². The van der Waals surface area contributed by atoms with E-state index in [9.17, 15) is 0 Å². The van der Waals surface area contributed by atoms with Crippen LogP contribution in [0.3, 0.4) is 0 Å². The fourth-order valence-electron chi connectivity index (χ4n) is 2.39. The minimum atomic E-state index is 0.953. The van der Waals surface area contributed by atoms with E-state index in [1.807, 2.05) is 36.5 Å². The topological polar surface area (TPSA) is 17.8 Å². The molecule has 0 saturated carbocycles. The molecule has 0 aliphatic heterocycles. The van der Waals surface area contributed by atoms with Crippen molar-refractivity contribution >= 4 is 23.6 Å². The lowest BCUT2D eigenvalue weighted by Crippen LogP contribution is -2.26. The van der Waals surface area contributed by atoms with Gasteiger partial charge in [-0.15, -0.1) is 0 Å². The lowest BCUT2D eigenvalue weighted by molar-refractivity contribution is 1.07. The third kappa shape index (κ3) is 1.78. The normalized spacial score (nSPS) is 11.9. The Kier molecular flexibility index (Phi) is 2.76. The third-order valence-electron chi connectivity index (χ3n) is 3.21. The van der Waals surface area contributed by atoms with E-state index in [0.717, 1.165) is 27.2 Å². The maximum atomic E-state index is 4.21. The fourth-order valence-corrected chi connectivity index (χ4v) is 2.39. The van der Waals surface area contributed by atoms with Crippen LogP contribution in [-0.4, -0.2) is 9.55 Å². The van der Waals surface area contributed by atoms with Crippen LogP contribution in [0.2, 0.25) is 0 Å². The quantitative estimate of drug-likeness (QED) is 0.679. The van der Waals surface area contributed by atoms with Crippen molar-refractivity contribution in [1.29, 1.82) is 0 Å². The van der Waals surface area contributed by atoms with E-state index < -0.39 is 0 Å². The molecule has 2 heteroatoms. The molecule has 1 aromatic carbocycles. The van der Waals surface area contributed by atoms with Gasteiger partial charge < -0.3 is 4.57 Å². The Bertz CT molecular complexity index is 842. The van der Waals surface area contributed by atoms with Gasteiger partial charge >= 0.3 is 0 Å². The molecule has 0 radical (unpaired) electrons. The van der Waals surface area contributed by atoms with Gasteiger partial charge in [-0.05, 0) is 18.2 Å². The van der Waals surface area contributed by atoms with Crippen LogP contribution in [0, 0.1) is 0 Å². The average Bonchev–Trinajstić information content (AvgIpc) is 2.73. The van der Waals surface area contributed by atoms with Crippen molar-refractivity contribution in [3.05, 3.63) is 72.0 Å². The number of para-hydroxylation sites is 1. The molecule has 2 nitrogen and oxygen atoms in total.